The van der Waals surface area contributed by atoms with Crippen LogP contribution in [0.25, 0.3) is 0 Å². The molecule has 0 aromatic heterocycles. The SMILES string of the molecule is N#Cc1cccc(C(=O)N2CC[C@@H](N)C2)c1. The number of benzene rings is 1. The van der Waals surface area contributed by atoms with Crippen molar-refractivity contribution < 1.29 is 4.79 Å². The minimum absolute atomic E-state index is 0.0370. The van der Waals surface area contributed by atoms with Crippen LogP contribution in [0.2, 0.25) is 0 Å². The molecule has 1 saturated heterocycles. The Morgan fingerprint density at radius 2 is 2.38 bits per heavy atom. The van der Waals surface area contributed by atoms with Gasteiger partial charge < -0.3 is 10.6 Å². The van der Waals surface area contributed by atoms with Crippen LogP contribution in [0.1, 0.15) is 22.3 Å². The van der Waals surface area contributed by atoms with E-state index in [2.05, 4.69) is 0 Å². The molecule has 0 unspecified atom stereocenters. The summed E-state index contributed by atoms with van der Waals surface area (Å²) in [6.07, 6.45) is 0.851. The molecule has 0 bridgehead atoms. The standard InChI is InChI=1S/C12H13N3O/c13-7-9-2-1-3-10(6-9)12(16)15-5-4-11(14)8-15/h1-3,6,11H,4-5,8,14H2/t11-/m1/s1. The number of likely N-dealkylation sites (tertiary alicyclic amines) is 1. The number of rotatable bonds is 1. The fourth-order valence-corrected chi connectivity index (χ4v) is 1.88. The van der Waals surface area contributed by atoms with Crippen molar-refractivity contribution in [2.75, 3.05) is 13.1 Å². The van der Waals surface area contributed by atoms with E-state index in [0.717, 1.165) is 6.42 Å². The average Bonchev–Trinajstić information content (AvgIpc) is 2.75. The van der Waals surface area contributed by atoms with E-state index in [4.69, 9.17) is 11.0 Å². The Bertz CT molecular complexity index is 450. The molecule has 16 heavy (non-hydrogen) atoms. The monoisotopic (exact) mass is 215 g/mol. The van der Waals surface area contributed by atoms with Gasteiger partial charge in [0.15, 0.2) is 0 Å². The second-order valence-corrected chi connectivity index (χ2v) is 3.99. The van der Waals surface area contributed by atoms with Crippen LogP contribution >= 0.6 is 0 Å². The van der Waals surface area contributed by atoms with Crippen LogP contribution in [-0.2, 0) is 0 Å². The molecule has 1 aliphatic rings. The molecule has 82 valence electrons. The molecule has 1 aromatic rings. The molecule has 4 nitrogen and oxygen atoms in total. The van der Waals surface area contributed by atoms with Gasteiger partial charge in [0, 0.05) is 24.7 Å². The largest absolute Gasteiger partial charge is 0.337 e. The first-order chi connectivity index (χ1) is 7.70. The molecule has 1 fully saturated rings. The zero-order chi connectivity index (χ0) is 11.5. The summed E-state index contributed by atoms with van der Waals surface area (Å²) in [4.78, 5) is 13.8. The summed E-state index contributed by atoms with van der Waals surface area (Å²) in [7, 11) is 0. The minimum Gasteiger partial charge on any atom is -0.337 e. The molecule has 4 heteroatoms. The highest BCUT2D eigenvalue weighted by Crippen LogP contribution is 2.13. The maximum absolute atomic E-state index is 12.0. The predicted molar refractivity (Wildman–Crippen MR) is 59.7 cm³/mol. The first-order valence-corrected chi connectivity index (χ1v) is 5.25. The van der Waals surface area contributed by atoms with Gasteiger partial charge in [-0.25, -0.2) is 0 Å². The van der Waals surface area contributed by atoms with E-state index in [1.165, 1.54) is 0 Å². The predicted octanol–water partition coefficient (Wildman–Crippen LogP) is 0.731. The van der Waals surface area contributed by atoms with E-state index in [0.29, 0.717) is 24.2 Å². The molecular weight excluding hydrogens is 202 g/mol. The summed E-state index contributed by atoms with van der Waals surface area (Å²) in [5.41, 5.74) is 6.82. The zero-order valence-electron chi connectivity index (χ0n) is 8.89. The lowest BCUT2D eigenvalue weighted by Gasteiger charge is -2.15. The fraction of sp³-hybridized carbons (Fsp3) is 0.333. The summed E-state index contributed by atoms with van der Waals surface area (Å²) >= 11 is 0. The van der Waals surface area contributed by atoms with Crippen molar-refractivity contribution in [3.05, 3.63) is 35.4 Å². The number of nitriles is 1. The maximum Gasteiger partial charge on any atom is 0.253 e. The zero-order valence-corrected chi connectivity index (χ0v) is 8.89. The molecule has 2 rings (SSSR count). The van der Waals surface area contributed by atoms with Gasteiger partial charge in [0.25, 0.3) is 5.91 Å². The Hall–Kier alpha value is -1.86. The van der Waals surface area contributed by atoms with E-state index < -0.39 is 0 Å². The molecule has 0 radical (unpaired) electrons. The van der Waals surface area contributed by atoms with Crippen molar-refractivity contribution in [1.82, 2.24) is 4.90 Å². The Kier molecular flexibility index (Phi) is 2.88. The molecule has 1 atom stereocenters. The van der Waals surface area contributed by atoms with Crippen molar-refractivity contribution in [1.29, 1.82) is 5.26 Å². The second kappa shape index (κ2) is 4.33. The third kappa shape index (κ3) is 2.05. The van der Waals surface area contributed by atoms with Crippen LogP contribution < -0.4 is 5.73 Å². The molecule has 1 heterocycles. The van der Waals surface area contributed by atoms with Gasteiger partial charge >= 0.3 is 0 Å². The van der Waals surface area contributed by atoms with E-state index in [9.17, 15) is 4.79 Å². The lowest BCUT2D eigenvalue weighted by molar-refractivity contribution is 0.0791. The molecule has 0 spiro atoms. The molecule has 1 aliphatic heterocycles. The van der Waals surface area contributed by atoms with Crippen LogP contribution in [0, 0.1) is 11.3 Å². The molecule has 0 saturated carbocycles. The smallest absolute Gasteiger partial charge is 0.253 e. The number of hydrogen-bond donors (Lipinski definition) is 1. The van der Waals surface area contributed by atoms with Crippen molar-refractivity contribution in [2.24, 2.45) is 5.73 Å². The summed E-state index contributed by atoms with van der Waals surface area (Å²) < 4.78 is 0. The van der Waals surface area contributed by atoms with Gasteiger partial charge in [0.1, 0.15) is 0 Å². The third-order valence-corrected chi connectivity index (χ3v) is 2.75. The number of carbonyl (C=O) groups excluding carboxylic acids is 1. The fourth-order valence-electron chi connectivity index (χ4n) is 1.88. The molecule has 0 aliphatic carbocycles. The Labute approximate surface area is 94.3 Å². The van der Waals surface area contributed by atoms with E-state index in [1.54, 1.807) is 29.2 Å². The third-order valence-electron chi connectivity index (χ3n) is 2.75. The van der Waals surface area contributed by atoms with Crippen molar-refractivity contribution in [2.45, 2.75) is 12.5 Å². The normalized spacial score (nSPS) is 19.5. The average molecular weight is 215 g/mol. The first kappa shape index (κ1) is 10.7. The van der Waals surface area contributed by atoms with Crippen LogP contribution in [0.4, 0.5) is 0 Å². The van der Waals surface area contributed by atoms with Crippen molar-refractivity contribution in [3.63, 3.8) is 0 Å². The van der Waals surface area contributed by atoms with Gasteiger partial charge in [-0.15, -0.1) is 0 Å². The van der Waals surface area contributed by atoms with Crippen molar-refractivity contribution in [3.8, 4) is 6.07 Å². The van der Waals surface area contributed by atoms with Crippen LogP contribution in [-0.4, -0.2) is 29.9 Å². The number of nitrogens with two attached hydrogens (primary N) is 1. The molecule has 1 aromatic carbocycles. The summed E-state index contributed by atoms with van der Waals surface area (Å²) in [5, 5.41) is 8.76. The molecule has 1 amide bonds. The summed E-state index contributed by atoms with van der Waals surface area (Å²) in [6, 6.07) is 8.87. The van der Waals surface area contributed by atoms with Gasteiger partial charge in [-0.1, -0.05) is 6.07 Å². The highest BCUT2D eigenvalue weighted by Gasteiger charge is 2.24. The summed E-state index contributed by atoms with van der Waals surface area (Å²) in [5.74, 6) is -0.0370. The van der Waals surface area contributed by atoms with Gasteiger partial charge in [0.2, 0.25) is 0 Å². The molecular formula is C12H13N3O. The van der Waals surface area contributed by atoms with Crippen molar-refractivity contribution >= 4 is 5.91 Å². The highest BCUT2D eigenvalue weighted by molar-refractivity contribution is 5.94. The van der Waals surface area contributed by atoms with Crippen LogP contribution in [0.15, 0.2) is 24.3 Å². The Morgan fingerprint density at radius 1 is 1.56 bits per heavy atom. The first-order valence-electron chi connectivity index (χ1n) is 5.25. The van der Waals surface area contributed by atoms with E-state index >= 15 is 0 Å². The summed E-state index contributed by atoms with van der Waals surface area (Å²) in [6.45, 7) is 1.31. The number of amides is 1. The van der Waals surface area contributed by atoms with E-state index in [1.807, 2.05) is 6.07 Å². The van der Waals surface area contributed by atoms with E-state index in [-0.39, 0.29) is 11.9 Å². The minimum atomic E-state index is -0.0370. The Morgan fingerprint density at radius 3 is 3.00 bits per heavy atom. The van der Waals surface area contributed by atoms with Gasteiger partial charge in [-0.3, -0.25) is 4.79 Å². The van der Waals surface area contributed by atoms with Crippen LogP contribution in [0.5, 0.6) is 0 Å². The van der Waals surface area contributed by atoms with Gasteiger partial charge in [0.05, 0.1) is 11.6 Å². The molecule has 2 N–H and O–H groups in total. The lowest BCUT2D eigenvalue weighted by Crippen LogP contribution is -2.31. The number of hydrogen-bond acceptors (Lipinski definition) is 3. The quantitative estimate of drug-likeness (QED) is 0.750. The maximum atomic E-state index is 12.0. The van der Waals surface area contributed by atoms with Gasteiger partial charge in [-0.05, 0) is 24.6 Å². The second-order valence-electron chi connectivity index (χ2n) is 3.99. The Balaban J connectivity index is 2.18. The number of carbonyl (C=O) groups is 1. The van der Waals surface area contributed by atoms with Gasteiger partial charge in [-0.2, -0.15) is 5.26 Å². The number of nitrogens with zero attached hydrogens (tertiary/aromatic N) is 2. The lowest BCUT2D eigenvalue weighted by atomic mass is 10.1. The van der Waals surface area contributed by atoms with Crippen LogP contribution in [0.3, 0.4) is 0 Å². The topological polar surface area (TPSA) is 70.1 Å². The highest BCUT2D eigenvalue weighted by atomic mass is 16.2.